The van der Waals surface area contributed by atoms with Crippen molar-refractivity contribution >= 4 is 6.09 Å². The molecule has 0 aliphatic carbocycles. The van der Waals surface area contributed by atoms with Crippen molar-refractivity contribution in [3.8, 4) is 0 Å². The summed E-state index contributed by atoms with van der Waals surface area (Å²) in [6.07, 6.45) is 0.938. The topological polar surface area (TPSA) is 41.6 Å². The number of benzene rings is 1. The number of carbonyl (C=O) groups excluding carboxylic acids is 1. The number of hydrogen-bond donors (Lipinski definition) is 1. The molecule has 4 nitrogen and oxygen atoms in total. The standard InChI is InChI=1S/C18H26N2O2/c1-18(2,3)22-17(21)20-12-15(13-7-5-4-6-8-13)14-9-10-19-11-16(14)20/h4-8,14-16,19H,9-12H2,1-3H3/t14-,15?,16-/m0/s1. The molecule has 22 heavy (non-hydrogen) atoms. The van der Waals surface area contributed by atoms with Crippen LogP contribution in [0.3, 0.4) is 0 Å². The first-order chi connectivity index (χ1) is 10.5. The number of hydrogen-bond acceptors (Lipinski definition) is 3. The van der Waals surface area contributed by atoms with E-state index in [-0.39, 0.29) is 12.1 Å². The van der Waals surface area contributed by atoms with E-state index in [0.29, 0.717) is 11.8 Å². The summed E-state index contributed by atoms with van der Waals surface area (Å²) in [5, 5.41) is 3.43. The normalized spacial score (nSPS) is 28.3. The number of carbonyl (C=O) groups is 1. The van der Waals surface area contributed by atoms with Gasteiger partial charge in [-0.05, 0) is 45.2 Å². The molecule has 1 amide bonds. The summed E-state index contributed by atoms with van der Waals surface area (Å²) in [5.41, 5.74) is 0.893. The molecule has 0 radical (unpaired) electrons. The van der Waals surface area contributed by atoms with E-state index in [1.54, 1.807) is 0 Å². The van der Waals surface area contributed by atoms with Crippen LogP contribution in [0, 0.1) is 5.92 Å². The zero-order valence-corrected chi connectivity index (χ0v) is 13.7. The Labute approximate surface area is 132 Å². The van der Waals surface area contributed by atoms with Gasteiger partial charge >= 0.3 is 6.09 Å². The van der Waals surface area contributed by atoms with Gasteiger partial charge in [0.25, 0.3) is 0 Å². The Morgan fingerprint density at radius 3 is 2.68 bits per heavy atom. The second kappa shape index (κ2) is 5.92. The zero-order chi connectivity index (χ0) is 15.7. The summed E-state index contributed by atoms with van der Waals surface area (Å²) in [4.78, 5) is 14.5. The van der Waals surface area contributed by atoms with Gasteiger partial charge in [-0.2, -0.15) is 0 Å². The summed E-state index contributed by atoms with van der Waals surface area (Å²) in [7, 11) is 0. The van der Waals surface area contributed by atoms with E-state index in [1.165, 1.54) is 5.56 Å². The van der Waals surface area contributed by atoms with Crippen LogP contribution >= 0.6 is 0 Å². The fourth-order valence-corrected chi connectivity index (χ4v) is 3.74. The van der Waals surface area contributed by atoms with Gasteiger partial charge in [0.2, 0.25) is 0 Å². The molecule has 3 rings (SSSR count). The molecule has 1 N–H and O–H groups in total. The molecule has 1 unspecified atom stereocenters. The van der Waals surface area contributed by atoms with Crippen LogP contribution in [0.15, 0.2) is 30.3 Å². The van der Waals surface area contributed by atoms with E-state index < -0.39 is 5.60 Å². The first-order valence-electron chi connectivity index (χ1n) is 8.21. The summed E-state index contributed by atoms with van der Waals surface area (Å²) < 4.78 is 5.61. The molecule has 1 aromatic carbocycles. The maximum absolute atomic E-state index is 12.6. The number of nitrogens with zero attached hydrogens (tertiary/aromatic N) is 1. The molecular weight excluding hydrogens is 276 g/mol. The van der Waals surface area contributed by atoms with Crippen LogP contribution < -0.4 is 5.32 Å². The predicted octanol–water partition coefficient (Wildman–Crippen LogP) is 3.00. The molecule has 0 bridgehead atoms. The third-order valence-corrected chi connectivity index (χ3v) is 4.67. The van der Waals surface area contributed by atoms with Gasteiger partial charge in [-0.25, -0.2) is 4.79 Å². The van der Waals surface area contributed by atoms with Gasteiger partial charge in [0.1, 0.15) is 5.60 Å². The molecule has 2 aliphatic heterocycles. The predicted molar refractivity (Wildman–Crippen MR) is 86.9 cm³/mol. The second-order valence-corrected chi connectivity index (χ2v) is 7.37. The number of rotatable bonds is 1. The lowest BCUT2D eigenvalue weighted by atomic mass is 9.81. The van der Waals surface area contributed by atoms with Gasteiger partial charge in [-0.3, -0.25) is 0 Å². The first-order valence-corrected chi connectivity index (χ1v) is 8.21. The van der Waals surface area contributed by atoms with Gasteiger partial charge in [0, 0.05) is 19.0 Å². The largest absolute Gasteiger partial charge is 0.444 e. The minimum atomic E-state index is -0.445. The first kappa shape index (κ1) is 15.3. The van der Waals surface area contributed by atoms with Crippen molar-refractivity contribution in [2.75, 3.05) is 19.6 Å². The number of ether oxygens (including phenoxy) is 1. The molecule has 2 heterocycles. The highest BCUT2D eigenvalue weighted by molar-refractivity contribution is 5.69. The fourth-order valence-electron chi connectivity index (χ4n) is 3.74. The summed E-state index contributed by atoms with van der Waals surface area (Å²) in [6, 6.07) is 10.8. The van der Waals surface area contributed by atoms with Crippen molar-refractivity contribution in [2.24, 2.45) is 5.92 Å². The molecule has 2 fully saturated rings. The van der Waals surface area contributed by atoms with Crippen LogP contribution in [0.2, 0.25) is 0 Å². The smallest absolute Gasteiger partial charge is 0.410 e. The van der Waals surface area contributed by atoms with Gasteiger partial charge in [-0.15, -0.1) is 0 Å². The molecule has 4 heteroatoms. The third kappa shape index (κ3) is 3.12. The van der Waals surface area contributed by atoms with Crippen molar-refractivity contribution in [2.45, 2.75) is 44.8 Å². The van der Waals surface area contributed by atoms with Crippen molar-refractivity contribution in [1.29, 1.82) is 0 Å². The van der Waals surface area contributed by atoms with Gasteiger partial charge in [0.15, 0.2) is 0 Å². The van der Waals surface area contributed by atoms with Gasteiger partial charge in [-0.1, -0.05) is 30.3 Å². The molecular formula is C18H26N2O2. The molecule has 2 aliphatic rings. The van der Waals surface area contributed by atoms with Crippen molar-refractivity contribution in [3.05, 3.63) is 35.9 Å². The van der Waals surface area contributed by atoms with E-state index in [0.717, 1.165) is 26.1 Å². The van der Waals surface area contributed by atoms with E-state index >= 15 is 0 Å². The lowest BCUT2D eigenvalue weighted by molar-refractivity contribution is 0.0194. The highest BCUT2D eigenvalue weighted by Gasteiger charge is 2.46. The van der Waals surface area contributed by atoms with Crippen LogP contribution in [-0.4, -0.2) is 42.3 Å². The van der Waals surface area contributed by atoms with Crippen LogP contribution in [-0.2, 0) is 4.74 Å². The minimum absolute atomic E-state index is 0.176. The van der Waals surface area contributed by atoms with Crippen LogP contribution in [0.25, 0.3) is 0 Å². The molecule has 0 aromatic heterocycles. The van der Waals surface area contributed by atoms with Crippen molar-refractivity contribution in [3.63, 3.8) is 0 Å². The Morgan fingerprint density at radius 2 is 2.00 bits per heavy atom. The lowest BCUT2D eigenvalue weighted by Crippen LogP contribution is -2.49. The van der Waals surface area contributed by atoms with Gasteiger partial charge < -0.3 is 15.0 Å². The number of nitrogens with one attached hydrogen (secondary N) is 1. The van der Waals surface area contributed by atoms with E-state index in [4.69, 9.17) is 4.74 Å². The number of fused-ring (bicyclic) bond motifs is 1. The Bertz CT molecular complexity index is 524. The van der Waals surface area contributed by atoms with E-state index in [1.807, 2.05) is 31.7 Å². The molecule has 2 saturated heterocycles. The molecule has 0 spiro atoms. The SMILES string of the molecule is CC(C)(C)OC(=O)N1CC(c2ccccc2)[C@@H]2CCNC[C@@H]21. The number of amides is 1. The Kier molecular flexibility index (Phi) is 4.13. The van der Waals surface area contributed by atoms with E-state index in [2.05, 4.69) is 29.6 Å². The molecule has 1 aromatic rings. The van der Waals surface area contributed by atoms with E-state index in [9.17, 15) is 4.79 Å². The van der Waals surface area contributed by atoms with Gasteiger partial charge in [0.05, 0.1) is 6.04 Å². The molecule has 0 saturated carbocycles. The maximum atomic E-state index is 12.6. The Hall–Kier alpha value is -1.55. The quantitative estimate of drug-likeness (QED) is 0.867. The third-order valence-electron chi connectivity index (χ3n) is 4.67. The fraction of sp³-hybridized carbons (Fsp3) is 0.611. The minimum Gasteiger partial charge on any atom is -0.444 e. The van der Waals surface area contributed by atoms with Crippen molar-refractivity contribution in [1.82, 2.24) is 10.2 Å². The van der Waals surface area contributed by atoms with Crippen molar-refractivity contribution < 1.29 is 9.53 Å². The number of likely N-dealkylation sites (tertiary alicyclic amines) is 1. The average molecular weight is 302 g/mol. The molecule has 120 valence electrons. The van der Waals surface area contributed by atoms with Crippen LogP contribution in [0.1, 0.15) is 38.7 Å². The summed E-state index contributed by atoms with van der Waals surface area (Å²) in [5.74, 6) is 0.942. The highest BCUT2D eigenvalue weighted by atomic mass is 16.6. The van der Waals surface area contributed by atoms with Crippen LogP contribution in [0.5, 0.6) is 0 Å². The average Bonchev–Trinajstić information content (AvgIpc) is 2.86. The maximum Gasteiger partial charge on any atom is 0.410 e. The monoisotopic (exact) mass is 302 g/mol. The second-order valence-electron chi connectivity index (χ2n) is 7.37. The lowest BCUT2D eigenvalue weighted by Gasteiger charge is -2.33. The molecule has 3 atom stereocenters. The Morgan fingerprint density at radius 1 is 1.27 bits per heavy atom. The van der Waals surface area contributed by atoms with Crippen LogP contribution in [0.4, 0.5) is 4.79 Å². The Balaban J connectivity index is 1.82. The number of piperidine rings is 1. The summed E-state index contributed by atoms with van der Waals surface area (Å²) >= 11 is 0. The zero-order valence-electron chi connectivity index (χ0n) is 13.7. The highest BCUT2D eigenvalue weighted by Crippen LogP contribution is 2.40. The summed E-state index contributed by atoms with van der Waals surface area (Å²) in [6.45, 7) is 8.43.